The minimum Gasteiger partial charge on any atom is -0.444 e. The molecule has 2 fully saturated rings. The van der Waals surface area contributed by atoms with Gasteiger partial charge < -0.3 is 14.2 Å². The number of likely N-dealkylation sites (tertiary alicyclic amines) is 1. The summed E-state index contributed by atoms with van der Waals surface area (Å²) in [4.78, 5) is 53.2. The number of hydrogen-bond donors (Lipinski definition) is 0. The van der Waals surface area contributed by atoms with Gasteiger partial charge in [-0.1, -0.05) is 0 Å². The first kappa shape index (κ1) is 24.0. The molecule has 0 aromatic rings. The summed E-state index contributed by atoms with van der Waals surface area (Å²) in [5, 5.41) is 0. The Morgan fingerprint density at radius 3 is 1.57 bits per heavy atom. The van der Waals surface area contributed by atoms with Gasteiger partial charge in [0.1, 0.15) is 22.8 Å². The molecule has 0 aromatic heterocycles. The van der Waals surface area contributed by atoms with Crippen molar-refractivity contribution in [3.8, 4) is 0 Å². The Kier molecular flexibility index (Phi) is 6.18. The topological polar surface area (TPSA) is 102 Å². The van der Waals surface area contributed by atoms with Crippen molar-refractivity contribution in [2.24, 2.45) is 5.92 Å². The fourth-order valence-electron chi connectivity index (χ4n) is 3.27. The van der Waals surface area contributed by atoms with Crippen molar-refractivity contribution >= 4 is 24.2 Å². The molecule has 30 heavy (non-hydrogen) atoms. The average molecular weight is 427 g/mol. The lowest BCUT2D eigenvalue weighted by Gasteiger charge is -2.33. The third-order valence-corrected chi connectivity index (χ3v) is 4.37. The highest BCUT2D eigenvalue weighted by Crippen LogP contribution is 2.48. The Balaban J connectivity index is 2.30. The first-order chi connectivity index (χ1) is 13.4. The van der Waals surface area contributed by atoms with Crippen LogP contribution in [0.5, 0.6) is 0 Å². The summed E-state index contributed by atoms with van der Waals surface area (Å²) in [5.41, 5.74) is -2.60. The lowest BCUT2D eigenvalue weighted by atomic mass is 10.1. The molecule has 3 atom stereocenters. The monoisotopic (exact) mass is 426 g/mol. The molecule has 1 saturated heterocycles. The summed E-state index contributed by atoms with van der Waals surface area (Å²) >= 11 is 0. The number of amides is 4. The van der Waals surface area contributed by atoms with E-state index >= 15 is 0 Å². The minimum absolute atomic E-state index is 0.132. The SMILES string of the molecule is CC(C)(C)OC(=O)N(C(=O)OC(C)(C)C)C(=O)[C@@H]1C[C@@H]2C[C@@H]2N1C(=O)OC(C)(C)C. The number of piperidine rings is 1. The summed E-state index contributed by atoms with van der Waals surface area (Å²) in [6.07, 6.45) is -1.79. The number of fused-ring (bicyclic) bond motifs is 1. The van der Waals surface area contributed by atoms with Gasteiger partial charge in [0.2, 0.25) is 0 Å². The Morgan fingerprint density at radius 1 is 0.733 bits per heavy atom. The van der Waals surface area contributed by atoms with Gasteiger partial charge in [0.15, 0.2) is 0 Å². The molecule has 2 rings (SSSR count). The maximum Gasteiger partial charge on any atom is 0.426 e. The fourth-order valence-corrected chi connectivity index (χ4v) is 3.27. The molecule has 9 nitrogen and oxygen atoms in total. The summed E-state index contributed by atoms with van der Waals surface area (Å²) in [7, 11) is 0. The van der Waals surface area contributed by atoms with E-state index in [2.05, 4.69) is 0 Å². The van der Waals surface area contributed by atoms with Crippen LogP contribution in [0.4, 0.5) is 14.4 Å². The predicted octanol–water partition coefficient (Wildman–Crippen LogP) is 4.08. The van der Waals surface area contributed by atoms with Gasteiger partial charge in [-0.2, -0.15) is 0 Å². The fraction of sp³-hybridized carbons (Fsp3) is 0.810. The van der Waals surface area contributed by atoms with Crippen molar-refractivity contribution in [3.63, 3.8) is 0 Å². The van der Waals surface area contributed by atoms with Gasteiger partial charge in [-0.3, -0.25) is 9.69 Å². The first-order valence-corrected chi connectivity index (χ1v) is 10.2. The number of imide groups is 3. The van der Waals surface area contributed by atoms with Gasteiger partial charge in [-0.25, -0.2) is 14.4 Å². The van der Waals surface area contributed by atoms with Gasteiger partial charge in [0.25, 0.3) is 5.91 Å². The third kappa shape index (κ3) is 6.09. The van der Waals surface area contributed by atoms with Crippen molar-refractivity contribution in [1.82, 2.24) is 9.80 Å². The van der Waals surface area contributed by atoms with Crippen LogP contribution < -0.4 is 0 Å². The highest BCUT2D eigenvalue weighted by molar-refractivity contribution is 6.09. The Hall–Kier alpha value is -2.32. The zero-order chi connectivity index (χ0) is 23.2. The van der Waals surface area contributed by atoms with Gasteiger partial charge >= 0.3 is 18.3 Å². The smallest absolute Gasteiger partial charge is 0.426 e. The normalized spacial score (nSPS) is 23.4. The van der Waals surface area contributed by atoms with Crippen LogP contribution in [0.15, 0.2) is 0 Å². The average Bonchev–Trinajstić information content (AvgIpc) is 3.11. The van der Waals surface area contributed by atoms with E-state index in [9.17, 15) is 19.2 Å². The largest absolute Gasteiger partial charge is 0.444 e. The van der Waals surface area contributed by atoms with Gasteiger partial charge in [-0.15, -0.1) is 4.90 Å². The molecule has 1 saturated carbocycles. The second-order valence-electron chi connectivity index (χ2n) is 10.8. The lowest BCUT2D eigenvalue weighted by molar-refractivity contribution is -0.134. The standard InChI is InChI=1S/C21H34N2O7/c1-19(2,3)28-16(25)22-13-10-12(13)11-14(22)15(24)23(17(26)29-20(4,5)6)18(27)30-21(7,8)9/h12-14H,10-11H2,1-9H3/t12-,13-,14-/m0/s1. The summed E-state index contributed by atoms with van der Waals surface area (Å²) in [6.45, 7) is 14.9. The van der Waals surface area contributed by atoms with Crippen LogP contribution >= 0.6 is 0 Å². The zero-order valence-electron chi connectivity index (χ0n) is 19.4. The van der Waals surface area contributed by atoms with E-state index in [4.69, 9.17) is 14.2 Å². The van der Waals surface area contributed by atoms with Crippen molar-refractivity contribution in [2.45, 2.75) is 104 Å². The van der Waals surface area contributed by atoms with Crippen LogP contribution in [0.25, 0.3) is 0 Å². The van der Waals surface area contributed by atoms with E-state index in [1.165, 1.54) is 4.90 Å². The highest BCUT2D eigenvalue weighted by atomic mass is 16.6. The highest BCUT2D eigenvalue weighted by Gasteiger charge is 2.59. The second kappa shape index (κ2) is 7.74. The molecule has 0 aromatic carbocycles. The van der Waals surface area contributed by atoms with Gasteiger partial charge in [0, 0.05) is 6.04 Å². The molecule has 9 heteroatoms. The maximum atomic E-state index is 13.3. The first-order valence-electron chi connectivity index (χ1n) is 10.2. The number of hydrogen-bond acceptors (Lipinski definition) is 7. The van der Waals surface area contributed by atoms with E-state index in [1.807, 2.05) is 0 Å². The van der Waals surface area contributed by atoms with Crippen LogP contribution in [0.1, 0.15) is 75.2 Å². The summed E-state index contributed by atoms with van der Waals surface area (Å²) < 4.78 is 16.0. The molecule has 1 aliphatic heterocycles. The molecule has 0 radical (unpaired) electrons. The molecule has 0 bridgehead atoms. The van der Waals surface area contributed by atoms with Crippen molar-refractivity contribution < 1.29 is 33.4 Å². The molecule has 4 amide bonds. The number of ether oxygens (including phenoxy) is 3. The van der Waals surface area contributed by atoms with E-state index in [1.54, 1.807) is 62.3 Å². The van der Waals surface area contributed by atoms with Crippen molar-refractivity contribution in [2.75, 3.05) is 0 Å². The number of carbonyl (C=O) groups is 4. The quantitative estimate of drug-likeness (QED) is 0.582. The lowest BCUT2D eigenvalue weighted by Crippen LogP contribution is -2.55. The zero-order valence-corrected chi connectivity index (χ0v) is 19.4. The van der Waals surface area contributed by atoms with Crippen LogP contribution in [-0.4, -0.2) is 62.9 Å². The molecule has 0 spiro atoms. The van der Waals surface area contributed by atoms with E-state index < -0.39 is 47.0 Å². The predicted molar refractivity (Wildman–Crippen MR) is 108 cm³/mol. The third-order valence-electron chi connectivity index (χ3n) is 4.37. The van der Waals surface area contributed by atoms with Crippen LogP contribution in [-0.2, 0) is 19.0 Å². The molecular weight excluding hydrogens is 392 g/mol. The number of carbonyl (C=O) groups excluding carboxylic acids is 4. The maximum absolute atomic E-state index is 13.3. The molecule has 1 heterocycles. The summed E-state index contributed by atoms with van der Waals surface area (Å²) in [6, 6.07) is -1.13. The molecular formula is C21H34N2O7. The number of rotatable bonds is 1. The molecule has 170 valence electrons. The Morgan fingerprint density at radius 2 is 1.17 bits per heavy atom. The van der Waals surface area contributed by atoms with Crippen LogP contribution in [0.3, 0.4) is 0 Å². The van der Waals surface area contributed by atoms with E-state index in [-0.39, 0.29) is 12.0 Å². The summed E-state index contributed by atoms with van der Waals surface area (Å²) in [5.74, 6) is -0.706. The second-order valence-corrected chi connectivity index (χ2v) is 10.8. The van der Waals surface area contributed by atoms with Crippen molar-refractivity contribution in [1.29, 1.82) is 0 Å². The van der Waals surface area contributed by atoms with Gasteiger partial charge in [0.05, 0.1) is 0 Å². The Bertz CT molecular complexity index is 699. The van der Waals surface area contributed by atoms with E-state index in [0.717, 1.165) is 6.42 Å². The van der Waals surface area contributed by atoms with Gasteiger partial charge in [-0.05, 0) is 81.1 Å². The molecule has 0 unspecified atom stereocenters. The molecule has 2 aliphatic rings. The number of nitrogens with zero attached hydrogens (tertiary/aromatic N) is 2. The van der Waals surface area contributed by atoms with E-state index in [0.29, 0.717) is 11.3 Å². The molecule has 1 aliphatic carbocycles. The Labute approximate surface area is 178 Å². The molecule has 0 N–H and O–H groups in total. The van der Waals surface area contributed by atoms with Crippen LogP contribution in [0, 0.1) is 5.92 Å². The van der Waals surface area contributed by atoms with Crippen molar-refractivity contribution in [3.05, 3.63) is 0 Å². The van der Waals surface area contributed by atoms with Crippen LogP contribution in [0.2, 0.25) is 0 Å². The minimum atomic E-state index is -1.13.